The Morgan fingerprint density at radius 3 is 1.04 bits per heavy atom. The van der Waals surface area contributed by atoms with Crippen molar-refractivity contribution in [2.75, 3.05) is 26.3 Å². The van der Waals surface area contributed by atoms with Gasteiger partial charge >= 0.3 is 23.9 Å². The molecule has 0 saturated carbocycles. The quantitative estimate of drug-likeness (QED) is 0.153. The summed E-state index contributed by atoms with van der Waals surface area (Å²) in [6.45, 7) is -0.838. The number of amides is 4. The van der Waals surface area contributed by atoms with E-state index in [0.717, 1.165) is 9.80 Å². The zero-order chi connectivity index (χ0) is 36.8. The second kappa shape index (κ2) is 13.0. The van der Waals surface area contributed by atoms with Crippen LogP contribution in [-0.2, 0) is 9.47 Å². The van der Waals surface area contributed by atoms with Gasteiger partial charge < -0.3 is 29.2 Å². The van der Waals surface area contributed by atoms with E-state index < -0.39 is 47.5 Å². The number of hydrogen-bond acceptors (Lipinski definition) is 14. The van der Waals surface area contributed by atoms with Crippen LogP contribution in [-0.4, -0.2) is 93.8 Å². The fourth-order valence-electron chi connectivity index (χ4n) is 5.80. The summed E-state index contributed by atoms with van der Waals surface area (Å²) < 4.78 is 20.3. The first-order chi connectivity index (χ1) is 25.0. The van der Waals surface area contributed by atoms with Crippen LogP contribution >= 0.6 is 0 Å². The van der Waals surface area contributed by atoms with Crippen molar-refractivity contribution in [2.45, 2.75) is 0 Å². The number of carbonyl (C=O) groups is 8. The van der Waals surface area contributed by atoms with Gasteiger partial charge in [0.1, 0.15) is 23.0 Å². The number of aliphatic hydroxyl groups is 2. The number of nitrogens with zero attached hydrogens (tertiary/aromatic N) is 2. The van der Waals surface area contributed by atoms with Crippen molar-refractivity contribution in [1.82, 2.24) is 9.80 Å². The van der Waals surface area contributed by atoms with Crippen molar-refractivity contribution in [3.05, 3.63) is 117 Å². The average molecular weight is 707 g/mol. The number of β-amino-alcohol motifs (C(OH)–C–C–N with tert-alkyl or cyclic N) is 2. The summed E-state index contributed by atoms with van der Waals surface area (Å²) in [6.07, 6.45) is 0. The van der Waals surface area contributed by atoms with E-state index in [-0.39, 0.29) is 93.8 Å². The molecule has 0 radical (unpaired) electrons. The minimum absolute atomic E-state index is 0.0894. The van der Waals surface area contributed by atoms with Gasteiger partial charge in [-0.05, 0) is 72.8 Å². The molecule has 0 aliphatic carbocycles. The van der Waals surface area contributed by atoms with Crippen LogP contribution in [0.15, 0.2) is 72.8 Å². The second-order valence-electron chi connectivity index (χ2n) is 11.4. The monoisotopic (exact) mass is 706 g/mol. The summed E-state index contributed by atoms with van der Waals surface area (Å²) in [5, 5.41) is 18.0. The molecule has 260 valence electrons. The van der Waals surface area contributed by atoms with Crippen molar-refractivity contribution in [1.29, 1.82) is 0 Å². The molecule has 0 atom stereocenters. The maximum absolute atomic E-state index is 12.4. The molecule has 0 bridgehead atoms. The van der Waals surface area contributed by atoms with Crippen LogP contribution in [0.2, 0.25) is 0 Å². The molecular formula is C36H22N2O14. The Balaban J connectivity index is 0.000000166. The lowest BCUT2D eigenvalue weighted by Crippen LogP contribution is -2.32. The number of ether oxygens (including phenoxy) is 4. The fourth-order valence-corrected chi connectivity index (χ4v) is 5.80. The maximum Gasteiger partial charge on any atom is 0.347 e. The first-order valence-electron chi connectivity index (χ1n) is 15.4. The first kappa shape index (κ1) is 33.5. The standard InChI is InChI=1S/C20H16N2O7.C16H6O7/c23-7-5-21-17(25)13-3-1-11(9-15(13)19(21)27)29-12-2-4-14-16(10-12)20(28)22(6-8-24)18(14)26;17-13-9-3-1-7(5-11(9)15(19)22-13)21-8-2-4-10-12(6-8)16(20)23-14(10)18/h1-4,9-10,23-24H,5-8H2;1-6H. The molecule has 52 heavy (non-hydrogen) atoms. The average Bonchev–Trinajstić information content (AvgIpc) is 3.75. The first-order valence-corrected chi connectivity index (χ1v) is 15.4. The van der Waals surface area contributed by atoms with E-state index >= 15 is 0 Å². The van der Waals surface area contributed by atoms with E-state index in [1.807, 2.05) is 0 Å². The molecule has 4 aromatic rings. The normalized spacial score (nSPS) is 15.2. The Labute approximate surface area is 291 Å². The van der Waals surface area contributed by atoms with E-state index in [1.165, 1.54) is 72.8 Å². The molecule has 0 spiro atoms. The molecule has 0 saturated heterocycles. The van der Waals surface area contributed by atoms with Crippen molar-refractivity contribution >= 4 is 47.5 Å². The highest BCUT2D eigenvalue weighted by molar-refractivity contribution is 6.22. The second-order valence-corrected chi connectivity index (χ2v) is 11.4. The summed E-state index contributed by atoms with van der Waals surface area (Å²) in [7, 11) is 0. The van der Waals surface area contributed by atoms with Crippen molar-refractivity contribution in [3.8, 4) is 23.0 Å². The molecule has 2 N–H and O–H groups in total. The number of rotatable bonds is 8. The van der Waals surface area contributed by atoms with Gasteiger partial charge in [0.25, 0.3) is 23.6 Å². The van der Waals surface area contributed by atoms with Gasteiger partial charge in [-0.3, -0.25) is 29.0 Å². The highest BCUT2D eigenvalue weighted by atomic mass is 16.6. The topological polar surface area (TPSA) is 220 Å². The van der Waals surface area contributed by atoms with Gasteiger partial charge in [-0.25, -0.2) is 19.2 Å². The maximum atomic E-state index is 12.4. The summed E-state index contributed by atoms with van der Waals surface area (Å²) >= 11 is 0. The lowest BCUT2D eigenvalue weighted by Gasteiger charge is -2.10. The van der Waals surface area contributed by atoms with Gasteiger partial charge in [-0.1, -0.05) is 0 Å². The van der Waals surface area contributed by atoms with Gasteiger partial charge in [0.2, 0.25) is 0 Å². The number of cyclic esters (lactones) is 4. The van der Waals surface area contributed by atoms with Crippen LogP contribution < -0.4 is 9.47 Å². The molecule has 4 heterocycles. The van der Waals surface area contributed by atoms with Crippen LogP contribution in [0.25, 0.3) is 0 Å². The molecule has 0 aromatic heterocycles. The largest absolute Gasteiger partial charge is 0.457 e. The van der Waals surface area contributed by atoms with Crippen molar-refractivity contribution in [3.63, 3.8) is 0 Å². The molecule has 4 amide bonds. The molecule has 4 aliphatic heterocycles. The van der Waals surface area contributed by atoms with Gasteiger partial charge in [-0.15, -0.1) is 0 Å². The number of imide groups is 2. The van der Waals surface area contributed by atoms with E-state index in [0.29, 0.717) is 0 Å². The highest BCUT2D eigenvalue weighted by Gasteiger charge is 2.37. The lowest BCUT2D eigenvalue weighted by molar-refractivity contribution is 0.0425. The van der Waals surface area contributed by atoms with E-state index in [4.69, 9.17) is 19.7 Å². The molecule has 0 unspecified atom stereocenters. The summed E-state index contributed by atoms with van der Waals surface area (Å²) in [4.78, 5) is 96.8. The Kier molecular flexibility index (Phi) is 8.37. The molecule has 8 rings (SSSR count). The van der Waals surface area contributed by atoms with Gasteiger partial charge in [0, 0.05) is 0 Å². The number of hydrogen-bond donors (Lipinski definition) is 2. The molecule has 4 aliphatic rings. The van der Waals surface area contributed by atoms with Crippen LogP contribution in [0.3, 0.4) is 0 Å². The number of benzene rings is 4. The molecule has 0 fully saturated rings. The van der Waals surface area contributed by atoms with Gasteiger partial charge in [0.05, 0.1) is 70.8 Å². The van der Waals surface area contributed by atoms with Crippen LogP contribution in [0, 0.1) is 0 Å². The van der Waals surface area contributed by atoms with Gasteiger partial charge in [0.15, 0.2) is 0 Å². The summed E-state index contributed by atoms with van der Waals surface area (Å²) in [5.74, 6) is -3.73. The third kappa shape index (κ3) is 5.72. The third-order valence-electron chi connectivity index (χ3n) is 8.24. The van der Waals surface area contributed by atoms with E-state index in [1.54, 1.807) is 0 Å². The predicted octanol–water partition coefficient (Wildman–Crippen LogP) is 2.76. The predicted molar refractivity (Wildman–Crippen MR) is 170 cm³/mol. The number of carbonyl (C=O) groups excluding carboxylic acids is 8. The molecule has 4 aromatic carbocycles. The number of aliphatic hydroxyl groups excluding tert-OH is 2. The molecular weight excluding hydrogens is 684 g/mol. The zero-order valence-electron chi connectivity index (χ0n) is 26.4. The lowest BCUT2D eigenvalue weighted by atomic mass is 10.1. The Morgan fingerprint density at radius 2 is 0.692 bits per heavy atom. The van der Waals surface area contributed by atoms with Crippen molar-refractivity contribution in [2.24, 2.45) is 0 Å². The Hall–Kier alpha value is -7.04. The minimum Gasteiger partial charge on any atom is -0.457 e. The Bertz CT molecular complexity index is 2150. The number of esters is 4. The summed E-state index contributed by atoms with van der Waals surface area (Å²) in [6, 6.07) is 17.4. The number of fused-ring (bicyclic) bond motifs is 4. The molecule has 16 heteroatoms. The van der Waals surface area contributed by atoms with Crippen LogP contribution in [0.4, 0.5) is 0 Å². The Morgan fingerprint density at radius 1 is 0.404 bits per heavy atom. The minimum atomic E-state index is -0.737. The SMILES string of the molecule is O=C1OC(=O)c2cc(Oc3ccc4c(c3)C(=O)OC4=O)ccc21.O=C1c2ccc(Oc3ccc4c(c3)C(=O)N(CCO)C4=O)cc2C(=O)N1CCO. The third-order valence-corrected chi connectivity index (χ3v) is 8.24. The summed E-state index contributed by atoms with van der Waals surface area (Å²) in [5.41, 5.74) is 1.36. The highest BCUT2D eigenvalue weighted by Crippen LogP contribution is 2.33. The smallest absolute Gasteiger partial charge is 0.347 e. The zero-order valence-corrected chi connectivity index (χ0v) is 26.4. The molecule has 16 nitrogen and oxygen atoms in total. The van der Waals surface area contributed by atoms with Gasteiger partial charge in [-0.2, -0.15) is 0 Å². The van der Waals surface area contributed by atoms with E-state index in [9.17, 15) is 38.4 Å². The van der Waals surface area contributed by atoms with Crippen LogP contribution in [0.5, 0.6) is 23.0 Å². The van der Waals surface area contributed by atoms with Crippen molar-refractivity contribution < 1.29 is 67.5 Å². The fraction of sp³-hybridized carbons (Fsp3) is 0.111. The van der Waals surface area contributed by atoms with Crippen LogP contribution in [0.1, 0.15) is 82.9 Å². The van der Waals surface area contributed by atoms with E-state index in [2.05, 4.69) is 9.47 Å².